The van der Waals surface area contributed by atoms with Crippen molar-refractivity contribution in [2.75, 3.05) is 5.32 Å². The van der Waals surface area contributed by atoms with Crippen molar-refractivity contribution in [1.29, 1.82) is 0 Å². The third-order valence-electron chi connectivity index (χ3n) is 2.44. The van der Waals surface area contributed by atoms with Gasteiger partial charge in [0.15, 0.2) is 5.82 Å². The van der Waals surface area contributed by atoms with Crippen LogP contribution in [0.4, 0.5) is 23.2 Å². The molecule has 1 amide bonds. The van der Waals surface area contributed by atoms with Crippen LogP contribution in [0.15, 0.2) is 41.4 Å². The zero-order valence-corrected chi connectivity index (χ0v) is 11.1. The van der Waals surface area contributed by atoms with Gasteiger partial charge in [-0.3, -0.25) is 4.79 Å². The monoisotopic (exact) mass is 316 g/mol. The number of thioether (sulfide) groups is 1. The van der Waals surface area contributed by atoms with Crippen molar-refractivity contribution in [3.05, 3.63) is 53.9 Å². The second-order valence-electron chi connectivity index (χ2n) is 3.79. The van der Waals surface area contributed by atoms with Crippen LogP contribution in [-0.2, 0) is 0 Å². The summed E-state index contributed by atoms with van der Waals surface area (Å²) in [6.45, 7) is 0. The van der Waals surface area contributed by atoms with E-state index in [1.165, 1.54) is 24.3 Å². The fraction of sp³-hybridized carbons (Fsp3) is 0.0769. The van der Waals surface area contributed by atoms with Gasteiger partial charge in [-0.15, -0.1) is 0 Å². The summed E-state index contributed by atoms with van der Waals surface area (Å²) < 4.78 is 51.2. The number of hydrogen-bond donors (Lipinski definition) is 1. The minimum absolute atomic E-state index is 0.0874. The van der Waals surface area contributed by atoms with Gasteiger partial charge in [0.05, 0.1) is 11.3 Å². The first-order valence-electron chi connectivity index (χ1n) is 5.64. The SMILES string of the molecule is O=C(Nc1ccccc1SC(F)F)c1ccnc(F)c1F. The molecular weight excluding hydrogens is 308 g/mol. The Labute approximate surface area is 121 Å². The summed E-state index contributed by atoms with van der Waals surface area (Å²) in [5.74, 6) is -6.42. The first kappa shape index (κ1) is 15.3. The van der Waals surface area contributed by atoms with E-state index in [2.05, 4.69) is 10.3 Å². The highest BCUT2D eigenvalue weighted by Crippen LogP contribution is 2.31. The molecule has 8 heteroatoms. The zero-order valence-electron chi connectivity index (χ0n) is 10.3. The Morgan fingerprint density at radius 3 is 2.62 bits per heavy atom. The second-order valence-corrected chi connectivity index (χ2v) is 4.82. The maximum Gasteiger partial charge on any atom is 0.288 e. The van der Waals surface area contributed by atoms with E-state index in [-0.39, 0.29) is 22.3 Å². The van der Waals surface area contributed by atoms with Crippen LogP contribution in [0.1, 0.15) is 10.4 Å². The number of benzene rings is 1. The molecule has 2 rings (SSSR count). The molecule has 110 valence electrons. The van der Waals surface area contributed by atoms with Gasteiger partial charge in [-0.1, -0.05) is 23.9 Å². The molecule has 1 aromatic heterocycles. The van der Waals surface area contributed by atoms with E-state index >= 15 is 0 Å². The molecule has 0 bridgehead atoms. The summed E-state index contributed by atoms with van der Waals surface area (Å²) in [7, 11) is 0. The number of amides is 1. The van der Waals surface area contributed by atoms with E-state index in [4.69, 9.17) is 0 Å². The predicted molar refractivity (Wildman–Crippen MR) is 70.4 cm³/mol. The van der Waals surface area contributed by atoms with Crippen LogP contribution in [-0.4, -0.2) is 16.6 Å². The third-order valence-corrected chi connectivity index (χ3v) is 3.23. The van der Waals surface area contributed by atoms with Crippen LogP contribution in [0.25, 0.3) is 0 Å². The molecule has 0 radical (unpaired) electrons. The Morgan fingerprint density at radius 2 is 1.90 bits per heavy atom. The lowest BCUT2D eigenvalue weighted by atomic mass is 10.2. The van der Waals surface area contributed by atoms with Crippen LogP contribution in [0, 0.1) is 11.8 Å². The lowest BCUT2D eigenvalue weighted by Gasteiger charge is -2.10. The van der Waals surface area contributed by atoms with Crippen molar-refractivity contribution in [2.24, 2.45) is 0 Å². The smallest absolute Gasteiger partial charge is 0.288 e. The zero-order chi connectivity index (χ0) is 15.4. The Hall–Kier alpha value is -2.09. The number of carbonyl (C=O) groups is 1. The molecule has 0 saturated heterocycles. The largest absolute Gasteiger partial charge is 0.321 e. The van der Waals surface area contributed by atoms with E-state index < -0.39 is 29.0 Å². The second kappa shape index (κ2) is 6.57. The summed E-state index contributed by atoms with van der Waals surface area (Å²) in [6.07, 6.45) is 0.938. The summed E-state index contributed by atoms with van der Waals surface area (Å²) in [5.41, 5.74) is -0.469. The van der Waals surface area contributed by atoms with E-state index in [1.807, 2.05) is 0 Å². The third kappa shape index (κ3) is 3.72. The average molecular weight is 316 g/mol. The summed E-state index contributed by atoms with van der Waals surface area (Å²) >= 11 is 0.241. The van der Waals surface area contributed by atoms with Gasteiger partial charge >= 0.3 is 0 Å². The van der Waals surface area contributed by atoms with E-state index in [1.54, 1.807) is 0 Å². The van der Waals surface area contributed by atoms with Crippen LogP contribution < -0.4 is 5.32 Å². The maximum absolute atomic E-state index is 13.4. The molecule has 0 unspecified atom stereocenters. The van der Waals surface area contributed by atoms with Crippen molar-refractivity contribution in [3.63, 3.8) is 0 Å². The molecule has 0 saturated carbocycles. The van der Waals surface area contributed by atoms with Crippen LogP contribution in [0.5, 0.6) is 0 Å². The van der Waals surface area contributed by atoms with Crippen molar-refractivity contribution < 1.29 is 22.4 Å². The number of alkyl halides is 2. The molecule has 0 aliphatic rings. The van der Waals surface area contributed by atoms with Crippen LogP contribution >= 0.6 is 11.8 Å². The van der Waals surface area contributed by atoms with Crippen molar-refractivity contribution in [2.45, 2.75) is 10.7 Å². The number of carbonyl (C=O) groups excluding carboxylic acids is 1. The highest BCUT2D eigenvalue weighted by atomic mass is 32.2. The van der Waals surface area contributed by atoms with Crippen molar-refractivity contribution in [3.8, 4) is 0 Å². The van der Waals surface area contributed by atoms with Crippen LogP contribution in [0.3, 0.4) is 0 Å². The van der Waals surface area contributed by atoms with Gasteiger partial charge in [-0.25, -0.2) is 9.37 Å². The standard InChI is InChI=1S/C13H8F4N2OS/c14-10-7(5-6-18-11(10)15)12(20)19-8-3-1-2-4-9(8)21-13(16)17/h1-6,13H,(H,19,20). The quantitative estimate of drug-likeness (QED) is 0.528. The number of aromatic nitrogens is 1. The van der Waals surface area contributed by atoms with Crippen molar-refractivity contribution in [1.82, 2.24) is 4.98 Å². The lowest BCUT2D eigenvalue weighted by molar-refractivity contribution is 0.102. The maximum atomic E-state index is 13.4. The first-order chi connectivity index (χ1) is 9.99. The number of para-hydroxylation sites is 1. The molecule has 0 spiro atoms. The fourth-order valence-electron chi connectivity index (χ4n) is 1.55. The highest BCUT2D eigenvalue weighted by Gasteiger charge is 2.18. The molecule has 1 N–H and O–H groups in total. The number of pyridine rings is 1. The molecule has 2 aromatic rings. The number of anilines is 1. The number of hydrogen-bond acceptors (Lipinski definition) is 3. The van der Waals surface area contributed by atoms with Crippen LogP contribution in [0.2, 0.25) is 0 Å². The summed E-state index contributed by atoms with van der Waals surface area (Å²) in [5, 5.41) is 2.27. The number of rotatable bonds is 4. The molecule has 1 aromatic carbocycles. The van der Waals surface area contributed by atoms with Gasteiger partial charge in [0.1, 0.15) is 0 Å². The Morgan fingerprint density at radius 1 is 1.19 bits per heavy atom. The van der Waals surface area contributed by atoms with Gasteiger partial charge in [-0.05, 0) is 18.2 Å². The minimum atomic E-state index is -2.67. The molecular formula is C13H8F4N2OS. The van der Waals surface area contributed by atoms with Gasteiger partial charge in [0.25, 0.3) is 11.7 Å². The normalized spacial score (nSPS) is 10.7. The molecule has 1 heterocycles. The van der Waals surface area contributed by atoms with Crippen molar-refractivity contribution >= 4 is 23.4 Å². The topological polar surface area (TPSA) is 42.0 Å². The highest BCUT2D eigenvalue weighted by molar-refractivity contribution is 7.99. The molecule has 0 atom stereocenters. The first-order valence-corrected chi connectivity index (χ1v) is 6.52. The molecule has 0 fully saturated rings. The summed E-state index contributed by atoms with van der Waals surface area (Å²) in [6, 6.07) is 6.81. The number of halogens is 4. The predicted octanol–water partition coefficient (Wildman–Crippen LogP) is 3.93. The number of nitrogens with one attached hydrogen (secondary N) is 1. The fourth-order valence-corrected chi connectivity index (χ4v) is 2.15. The molecule has 3 nitrogen and oxygen atoms in total. The summed E-state index contributed by atoms with van der Waals surface area (Å²) in [4.78, 5) is 15.1. The molecule has 0 aliphatic heterocycles. The Bertz CT molecular complexity index is 666. The average Bonchev–Trinajstić information content (AvgIpc) is 2.43. The molecule has 21 heavy (non-hydrogen) atoms. The van der Waals surface area contributed by atoms with Gasteiger partial charge in [0.2, 0.25) is 5.95 Å². The van der Waals surface area contributed by atoms with E-state index in [0.29, 0.717) is 0 Å². The van der Waals surface area contributed by atoms with E-state index in [9.17, 15) is 22.4 Å². The minimum Gasteiger partial charge on any atom is -0.321 e. The van der Waals surface area contributed by atoms with Gasteiger partial charge < -0.3 is 5.32 Å². The van der Waals surface area contributed by atoms with Gasteiger partial charge in [0, 0.05) is 11.1 Å². The number of nitrogens with zero attached hydrogens (tertiary/aromatic N) is 1. The lowest BCUT2D eigenvalue weighted by Crippen LogP contribution is -2.15. The molecule has 0 aliphatic carbocycles. The van der Waals surface area contributed by atoms with E-state index in [0.717, 1.165) is 12.3 Å². The Balaban J connectivity index is 2.26. The van der Waals surface area contributed by atoms with Gasteiger partial charge in [-0.2, -0.15) is 13.2 Å². The Kier molecular flexibility index (Phi) is 4.79.